The molecule has 0 aliphatic rings. The van der Waals surface area contributed by atoms with Gasteiger partial charge in [-0.2, -0.15) is 0 Å². The van der Waals surface area contributed by atoms with E-state index in [0.29, 0.717) is 5.69 Å². The molecule has 130 valence electrons. The highest BCUT2D eigenvalue weighted by Gasteiger charge is 2.29. The molecule has 0 fully saturated rings. The molecule has 0 spiro atoms. The molecule has 0 aliphatic heterocycles. The van der Waals surface area contributed by atoms with Crippen molar-refractivity contribution in [2.24, 2.45) is 5.84 Å². The van der Waals surface area contributed by atoms with Crippen LogP contribution in [0, 0.1) is 34.1 Å². The number of carbonyl (C=O) groups is 1. The maximum atomic E-state index is 11.6. The number of carbonyl (C=O) groups excluding carboxylic acids is 1. The first-order chi connectivity index (χ1) is 11.7. The van der Waals surface area contributed by atoms with Crippen LogP contribution < -0.4 is 16.6 Å². The van der Waals surface area contributed by atoms with Crippen LogP contribution in [-0.2, 0) is 0 Å². The van der Waals surface area contributed by atoms with E-state index in [4.69, 9.17) is 5.84 Å². The first-order valence-corrected chi connectivity index (χ1v) is 7.06. The fourth-order valence-corrected chi connectivity index (χ4v) is 2.25. The smallest absolute Gasteiger partial charge is 0.300 e. The van der Waals surface area contributed by atoms with Crippen molar-refractivity contribution in [1.82, 2.24) is 5.43 Å². The van der Waals surface area contributed by atoms with Crippen molar-refractivity contribution in [3.8, 4) is 0 Å². The molecule has 0 heterocycles. The number of rotatable bonds is 5. The minimum Gasteiger partial charge on any atom is -0.344 e. The number of aryl methyl sites for hydroxylation is 2. The molecule has 0 aliphatic carbocycles. The van der Waals surface area contributed by atoms with E-state index in [1.54, 1.807) is 24.5 Å². The summed E-state index contributed by atoms with van der Waals surface area (Å²) < 4.78 is 0. The van der Waals surface area contributed by atoms with Crippen LogP contribution in [0.4, 0.5) is 22.7 Å². The lowest BCUT2D eigenvalue weighted by atomic mass is 10.1. The van der Waals surface area contributed by atoms with Crippen LogP contribution in [0.1, 0.15) is 21.5 Å². The number of nitro benzene ring substituents is 2. The van der Waals surface area contributed by atoms with E-state index in [1.807, 2.05) is 13.0 Å². The number of hydrazine groups is 1. The molecule has 2 rings (SSSR count). The summed E-state index contributed by atoms with van der Waals surface area (Å²) in [6, 6.07) is 7.21. The molecule has 0 radical (unpaired) electrons. The van der Waals surface area contributed by atoms with Crippen molar-refractivity contribution >= 4 is 28.7 Å². The molecule has 0 atom stereocenters. The molecule has 2 aromatic carbocycles. The van der Waals surface area contributed by atoms with Crippen LogP contribution in [0.15, 0.2) is 30.3 Å². The zero-order valence-corrected chi connectivity index (χ0v) is 13.4. The summed E-state index contributed by atoms with van der Waals surface area (Å²) in [6.45, 7) is 3.58. The number of amides is 1. The third kappa shape index (κ3) is 3.70. The maximum absolute atomic E-state index is 11.6. The van der Waals surface area contributed by atoms with E-state index in [1.165, 1.54) is 0 Å². The number of nitro groups is 2. The van der Waals surface area contributed by atoms with Crippen LogP contribution in [0.25, 0.3) is 0 Å². The van der Waals surface area contributed by atoms with Crippen LogP contribution >= 0.6 is 0 Å². The first kappa shape index (κ1) is 17.8. The Labute approximate surface area is 141 Å². The van der Waals surface area contributed by atoms with E-state index in [2.05, 4.69) is 5.32 Å². The molecule has 0 aromatic heterocycles. The molecule has 10 nitrogen and oxygen atoms in total. The third-order valence-electron chi connectivity index (χ3n) is 3.54. The van der Waals surface area contributed by atoms with Crippen molar-refractivity contribution in [2.75, 3.05) is 5.32 Å². The molecule has 4 N–H and O–H groups in total. The van der Waals surface area contributed by atoms with Crippen LogP contribution in [-0.4, -0.2) is 15.8 Å². The fourth-order valence-electron chi connectivity index (χ4n) is 2.25. The van der Waals surface area contributed by atoms with Gasteiger partial charge in [0.15, 0.2) is 5.69 Å². The zero-order valence-electron chi connectivity index (χ0n) is 13.4. The van der Waals surface area contributed by atoms with Gasteiger partial charge in [-0.3, -0.25) is 30.4 Å². The number of nitrogens with one attached hydrogen (secondary N) is 2. The lowest BCUT2D eigenvalue weighted by Crippen LogP contribution is -2.30. The molecule has 0 unspecified atom stereocenters. The number of nitrogens with two attached hydrogens (primary N) is 1. The Bertz CT molecular complexity index is 846. The predicted octanol–water partition coefficient (Wildman–Crippen LogP) is 2.47. The summed E-state index contributed by atoms with van der Waals surface area (Å²) in [5, 5.41) is 25.5. The minimum atomic E-state index is -0.871. The lowest BCUT2D eigenvalue weighted by molar-refractivity contribution is -0.392. The van der Waals surface area contributed by atoms with Gasteiger partial charge in [0.2, 0.25) is 0 Å². The van der Waals surface area contributed by atoms with Crippen molar-refractivity contribution in [2.45, 2.75) is 13.8 Å². The summed E-state index contributed by atoms with van der Waals surface area (Å²) in [5.41, 5.74) is 2.10. The Morgan fingerprint density at radius 3 is 2.08 bits per heavy atom. The summed E-state index contributed by atoms with van der Waals surface area (Å²) >= 11 is 0. The van der Waals surface area contributed by atoms with E-state index >= 15 is 0 Å². The number of nitrogens with zero attached hydrogens (tertiary/aromatic N) is 2. The van der Waals surface area contributed by atoms with Crippen molar-refractivity contribution in [3.05, 3.63) is 67.3 Å². The molecule has 1 amide bonds. The highest BCUT2D eigenvalue weighted by Crippen LogP contribution is 2.38. The lowest BCUT2D eigenvalue weighted by Gasteiger charge is -2.12. The second-order valence-corrected chi connectivity index (χ2v) is 5.32. The Morgan fingerprint density at radius 2 is 1.60 bits per heavy atom. The summed E-state index contributed by atoms with van der Waals surface area (Å²) in [7, 11) is 0. The number of benzene rings is 2. The Hall–Kier alpha value is -3.53. The number of hydrogen-bond donors (Lipinski definition) is 3. The number of nitrogen functional groups attached to an aromatic ring is 1. The SMILES string of the molecule is Cc1ccc(C)c(Nc2c([N+](=O)[O-])cc(C(=O)NN)cc2[N+](=O)[O-])c1. The molecular weight excluding hydrogens is 330 g/mol. The summed E-state index contributed by atoms with van der Waals surface area (Å²) in [6.07, 6.45) is 0. The highest BCUT2D eigenvalue weighted by atomic mass is 16.6. The molecule has 0 saturated carbocycles. The van der Waals surface area contributed by atoms with Gasteiger partial charge in [-0.25, -0.2) is 5.84 Å². The monoisotopic (exact) mass is 345 g/mol. The zero-order chi connectivity index (χ0) is 18.7. The van der Waals surface area contributed by atoms with Crippen molar-refractivity contribution in [1.29, 1.82) is 0 Å². The van der Waals surface area contributed by atoms with Gasteiger partial charge in [0, 0.05) is 17.8 Å². The van der Waals surface area contributed by atoms with Gasteiger partial charge in [0.05, 0.1) is 15.4 Å². The van der Waals surface area contributed by atoms with Gasteiger partial charge in [0.1, 0.15) is 0 Å². The Kier molecular flexibility index (Phi) is 4.94. The standard InChI is InChI=1S/C15H15N5O5/c1-8-3-4-9(2)11(5-8)17-14-12(19(22)23)6-10(15(21)18-16)7-13(14)20(24)25/h3-7,17H,16H2,1-2H3,(H,18,21). The second kappa shape index (κ2) is 6.93. The second-order valence-electron chi connectivity index (χ2n) is 5.32. The molecule has 2 aromatic rings. The number of anilines is 2. The fraction of sp³-hybridized carbons (Fsp3) is 0.133. The van der Waals surface area contributed by atoms with Gasteiger partial charge in [0.25, 0.3) is 5.91 Å². The van der Waals surface area contributed by atoms with Gasteiger partial charge >= 0.3 is 11.4 Å². The van der Waals surface area contributed by atoms with E-state index in [9.17, 15) is 25.0 Å². The summed E-state index contributed by atoms with van der Waals surface area (Å²) in [5.74, 6) is 4.13. The molecule has 0 bridgehead atoms. The highest BCUT2D eigenvalue weighted by molar-refractivity contribution is 5.97. The topological polar surface area (TPSA) is 153 Å². The van der Waals surface area contributed by atoms with Gasteiger partial charge < -0.3 is 5.32 Å². The summed E-state index contributed by atoms with van der Waals surface area (Å²) in [4.78, 5) is 32.8. The Balaban J connectivity index is 2.70. The van der Waals surface area contributed by atoms with E-state index in [0.717, 1.165) is 23.3 Å². The molecular formula is C15H15N5O5. The maximum Gasteiger partial charge on any atom is 0.300 e. The van der Waals surface area contributed by atoms with Crippen molar-refractivity contribution < 1.29 is 14.6 Å². The van der Waals surface area contributed by atoms with Crippen LogP contribution in [0.3, 0.4) is 0 Å². The molecule has 10 heteroatoms. The first-order valence-electron chi connectivity index (χ1n) is 7.06. The quantitative estimate of drug-likeness (QED) is 0.325. The average molecular weight is 345 g/mol. The predicted molar refractivity (Wildman–Crippen MR) is 90.6 cm³/mol. The third-order valence-corrected chi connectivity index (χ3v) is 3.54. The van der Waals surface area contributed by atoms with E-state index in [-0.39, 0.29) is 11.3 Å². The largest absolute Gasteiger partial charge is 0.344 e. The minimum absolute atomic E-state index is 0.285. The number of hydrogen-bond acceptors (Lipinski definition) is 7. The van der Waals surface area contributed by atoms with Crippen LogP contribution in [0.2, 0.25) is 0 Å². The Morgan fingerprint density at radius 1 is 1.04 bits per heavy atom. The average Bonchev–Trinajstić information content (AvgIpc) is 2.56. The van der Waals surface area contributed by atoms with Gasteiger partial charge in [-0.15, -0.1) is 0 Å². The normalized spacial score (nSPS) is 10.2. The molecule has 0 saturated heterocycles. The van der Waals surface area contributed by atoms with Gasteiger partial charge in [-0.1, -0.05) is 12.1 Å². The van der Waals surface area contributed by atoms with Crippen LogP contribution in [0.5, 0.6) is 0 Å². The van der Waals surface area contributed by atoms with E-state index < -0.39 is 27.1 Å². The van der Waals surface area contributed by atoms with Crippen molar-refractivity contribution in [3.63, 3.8) is 0 Å². The molecule has 25 heavy (non-hydrogen) atoms. The van der Waals surface area contributed by atoms with Gasteiger partial charge in [-0.05, 0) is 31.0 Å².